The van der Waals surface area contributed by atoms with E-state index in [1.165, 1.54) is 10.9 Å². The van der Waals surface area contributed by atoms with Crippen molar-refractivity contribution in [2.24, 2.45) is 0 Å². The average molecular weight is 265 g/mol. The summed E-state index contributed by atoms with van der Waals surface area (Å²) in [4.78, 5) is 5.48. The maximum Gasteiger partial charge on any atom is 0.129 e. The molecule has 3 nitrogen and oxygen atoms in total. The number of hydrogen-bond donors (Lipinski definition) is 2. The zero-order valence-corrected chi connectivity index (χ0v) is 11.2. The summed E-state index contributed by atoms with van der Waals surface area (Å²) in [6, 6.07) is 4.87. The number of thiazole rings is 1. The maximum atomic E-state index is 13.6. The molecule has 0 fully saturated rings. The van der Waals surface area contributed by atoms with E-state index >= 15 is 0 Å². The zero-order chi connectivity index (χ0) is 13.1. The largest absolute Gasteiger partial charge is 0.399 e. The van der Waals surface area contributed by atoms with Gasteiger partial charge < -0.3 is 11.1 Å². The number of nitrogens with zero attached hydrogens (tertiary/aromatic N) is 1. The van der Waals surface area contributed by atoms with E-state index in [4.69, 9.17) is 5.73 Å². The Morgan fingerprint density at radius 2 is 2.28 bits per heavy atom. The van der Waals surface area contributed by atoms with Gasteiger partial charge in [0.2, 0.25) is 0 Å². The lowest BCUT2D eigenvalue weighted by Crippen LogP contribution is -2.18. The summed E-state index contributed by atoms with van der Waals surface area (Å²) in [5.74, 6) is -0.273. The first kappa shape index (κ1) is 13.0. The Hall–Kier alpha value is -1.46. The van der Waals surface area contributed by atoms with Crippen LogP contribution in [0.25, 0.3) is 0 Å². The minimum absolute atomic E-state index is 0.112. The minimum Gasteiger partial charge on any atom is -0.399 e. The molecule has 1 aromatic carbocycles. The number of hydrogen-bond acceptors (Lipinski definition) is 4. The van der Waals surface area contributed by atoms with Crippen molar-refractivity contribution in [3.8, 4) is 0 Å². The Labute approximate surface area is 110 Å². The van der Waals surface area contributed by atoms with Gasteiger partial charge in [0.05, 0.1) is 6.04 Å². The third-order valence-corrected chi connectivity index (χ3v) is 3.78. The van der Waals surface area contributed by atoms with E-state index < -0.39 is 0 Å². The number of nitrogens with two attached hydrogens (primary N) is 1. The molecule has 96 valence electrons. The van der Waals surface area contributed by atoms with E-state index in [0.717, 1.165) is 5.01 Å². The summed E-state index contributed by atoms with van der Waals surface area (Å²) < 4.78 is 13.6. The number of halogens is 1. The van der Waals surface area contributed by atoms with Crippen LogP contribution in [-0.4, -0.2) is 4.98 Å². The lowest BCUT2D eigenvalue weighted by Gasteiger charge is -2.11. The lowest BCUT2D eigenvalue weighted by molar-refractivity contribution is 0.543. The summed E-state index contributed by atoms with van der Waals surface area (Å²) in [6.45, 7) is 4.51. The number of nitrogen functional groups attached to an aromatic ring is 1. The van der Waals surface area contributed by atoms with Crippen molar-refractivity contribution in [3.05, 3.63) is 45.7 Å². The molecule has 1 heterocycles. The van der Waals surface area contributed by atoms with Gasteiger partial charge in [-0.05, 0) is 26.0 Å². The third kappa shape index (κ3) is 3.05. The van der Waals surface area contributed by atoms with Gasteiger partial charge in [-0.3, -0.25) is 0 Å². The van der Waals surface area contributed by atoms with Crippen molar-refractivity contribution in [2.45, 2.75) is 26.4 Å². The molecule has 1 atom stereocenters. The van der Waals surface area contributed by atoms with Crippen LogP contribution in [0.2, 0.25) is 0 Å². The van der Waals surface area contributed by atoms with Crippen LogP contribution in [-0.2, 0) is 6.54 Å². The second kappa shape index (κ2) is 5.46. The van der Waals surface area contributed by atoms with Gasteiger partial charge in [-0.15, -0.1) is 11.3 Å². The molecule has 1 unspecified atom stereocenters. The van der Waals surface area contributed by atoms with Gasteiger partial charge in [0.15, 0.2) is 0 Å². The third-order valence-electron chi connectivity index (χ3n) is 2.69. The molecule has 0 bridgehead atoms. The first-order valence-electron chi connectivity index (χ1n) is 5.76. The molecule has 1 aromatic heterocycles. The van der Waals surface area contributed by atoms with E-state index in [2.05, 4.69) is 10.3 Å². The predicted molar refractivity (Wildman–Crippen MR) is 72.9 cm³/mol. The molecule has 0 aliphatic rings. The van der Waals surface area contributed by atoms with E-state index in [1.807, 2.05) is 20.0 Å². The lowest BCUT2D eigenvalue weighted by atomic mass is 10.2. The molecule has 18 heavy (non-hydrogen) atoms. The summed E-state index contributed by atoms with van der Waals surface area (Å²) in [5.41, 5.74) is 6.57. The zero-order valence-electron chi connectivity index (χ0n) is 10.4. The molecule has 0 saturated carbocycles. The van der Waals surface area contributed by atoms with Gasteiger partial charge in [0.25, 0.3) is 0 Å². The second-order valence-corrected chi connectivity index (χ2v) is 5.53. The molecular formula is C13H16FN3S. The fourth-order valence-corrected chi connectivity index (χ4v) is 2.43. The number of aromatic nitrogens is 1. The highest BCUT2D eigenvalue weighted by Gasteiger charge is 2.10. The van der Waals surface area contributed by atoms with Crippen LogP contribution < -0.4 is 11.1 Å². The van der Waals surface area contributed by atoms with E-state index in [0.29, 0.717) is 17.8 Å². The highest BCUT2D eigenvalue weighted by Crippen LogP contribution is 2.20. The average Bonchev–Trinajstić information content (AvgIpc) is 2.74. The molecule has 0 aliphatic heterocycles. The Balaban J connectivity index is 1.99. The molecule has 0 radical (unpaired) electrons. The highest BCUT2D eigenvalue weighted by molar-refractivity contribution is 7.11. The standard InChI is InChI=1S/C13H16FN3S/c1-8-6-17-13(18-8)9(2)16-7-10-3-4-11(15)5-12(10)14/h3-6,9,16H,7,15H2,1-2H3. The Kier molecular flexibility index (Phi) is 3.93. The topological polar surface area (TPSA) is 50.9 Å². The van der Waals surface area contributed by atoms with Crippen LogP contribution in [0.15, 0.2) is 24.4 Å². The minimum atomic E-state index is -0.273. The first-order valence-corrected chi connectivity index (χ1v) is 6.57. The van der Waals surface area contributed by atoms with Gasteiger partial charge in [-0.25, -0.2) is 9.37 Å². The van der Waals surface area contributed by atoms with Crippen molar-refractivity contribution < 1.29 is 4.39 Å². The molecule has 3 N–H and O–H groups in total. The molecule has 2 aromatic rings. The monoisotopic (exact) mass is 265 g/mol. The second-order valence-electron chi connectivity index (χ2n) is 4.26. The molecule has 0 amide bonds. The number of anilines is 1. The summed E-state index contributed by atoms with van der Waals surface area (Å²) in [7, 11) is 0. The Morgan fingerprint density at radius 1 is 1.50 bits per heavy atom. The normalized spacial score (nSPS) is 12.6. The SMILES string of the molecule is Cc1cnc(C(C)NCc2ccc(N)cc2F)s1. The molecule has 5 heteroatoms. The van der Waals surface area contributed by atoms with Crippen molar-refractivity contribution in [2.75, 3.05) is 5.73 Å². The van der Waals surface area contributed by atoms with Crippen LogP contribution in [0, 0.1) is 12.7 Å². The van der Waals surface area contributed by atoms with E-state index in [9.17, 15) is 4.39 Å². The molecular weight excluding hydrogens is 249 g/mol. The fraction of sp³-hybridized carbons (Fsp3) is 0.308. The predicted octanol–water partition coefficient (Wildman–Crippen LogP) is 3.02. The number of rotatable bonds is 4. The summed E-state index contributed by atoms with van der Waals surface area (Å²) in [5, 5.41) is 4.27. The van der Waals surface area contributed by atoms with Crippen LogP contribution in [0.4, 0.5) is 10.1 Å². The summed E-state index contributed by atoms with van der Waals surface area (Å²) >= 11 is 1.65. The Bertz CT molecular complexity index is 539. The quantitative estimate of drug-likeness (QED) is 0.835. The molecule has 2 rings (SSSR count). The van der Waals surface area contributed by atoms with Crippen molar-refractivity contribution in [1.82, 2.24) is 10.3 Å². The van der Waals surface area contributed by atoms with Gasteiger partial charge in [0.1, 0.15) is 10.8 Å². The van der Waals surface area contributed by atoms with Gasteiger partial charge in [-0.1, -0.05) is 6.07 Å². The highest BCUT2D eigenvalue weighted by atomic mass is 32.1. The number of benzene rings is 1. The van der Waals surface area contributed by atoms with Crippen molar-refractivity contribution >= 4 is 17.0 Å². The van der Waals surface area contributed by atoms with E-state index in [-0.39, 0.29) is 11.9 Å². The van der Waals surface area contributed by atoms with Crippen LogP contribution in [0.1, 0.15) is 28.4 Å². The summed E-state index contributed by atoms with van der Waals surface area (Å²) in [6.07, 6.45) is 1.85. The smallest absolute Gasteiger partial charge is 0.129 e. The first-order chi connectivity index (χ1) is 8.56. The fourth-order valence-electron chi connectivity index (χ4n) is 1.63. The molecule has 0 spiro atoms. The van der Waals surface area contributed by atoms with Gasteiger partial charge in [-0.2, -0.15) is 0 Å². The van der Waals surface area contributed by atoms with Crippen LogP contribution in [0.5, 0.6) is 0 Å². The van der Waals surface area contributed by atoms with Gasteiger partial charge in [0, 0.05) is 28.9 Å². The Morgan fingerprint density at radius 3 is 2.89 bits per heavy atom. The molecule has 0 saturated heterocycles. The number of nitrogens with one attached hydrogen (secondary N) is 1. The molecule has 0 aliphatic carbocycles. The van der Waals surface area contributed by atoms with Crippen molar-refractivity contribution in [3.63, 3.8) is 0 Å². The maximum absolute atomic E-state index is 13.6. The van der Waals surface area contributed by atoms with Gasteiger partial charge >= 0.3 is 0 Å². The van der Waals surface area contributed by atoms with Crippen molar-refractivity contribution in [1.29, 1.82) is 0 Å². The van der Waals surface area contributed by atoms with Crippen LogP contribution in [0.3, 0.4) is 0 Å². The van der Waals surface area contributed by atoms with E-state index in [1.54, 1.807) is 23.5 Å². The number of aryl methyl sites for hydroxylation is 1. The van der Waals surface area contributed by atoms with Crippen LogP contribution >= 0.6 is 11.3 Å².